The Balaban J connectivity index is 1.000. The maximum atomic E-state index is 6.15. The number of piperazine rings is 1. The van der Waals surface area contributed by atoms with Crippen molar-refractivity contribution in [2.45, 2.75) is 32.4 Å². The van der Waals surface area contributed by atoms with Gasteiger partial charge in [0.05, 0.1) is 24.2 Å². The van der Waals surface area contributed by atoms with Crippen molar-refractivity contribution in [2.24, 2.45) is 5.92 Å². The van der Waals surface area contributed by atoms with Crippen LogP contribution in [0.5, 0.6) is 5.88 Å². The Morgan fingerprint density at radius 2 is 1.97 bits per heavy atom. The summed E-state index contributed by atoms with van der Waals surface area (Å²) >= 11 is 0. The van der Waals surface area contributed by atoms with Gasteiger partial charge in [0.25, 0.3) is 0 Å². The van der Waals surface area contributed by atoms with Crippen LogP contribution in [0.2, 0.25) is 0 Å². The fourth-order valence-electron chi connectivity index (χ4n) is 5.28. The zero-order valence-corrected chi connectivity index (χ0v) is 20.6. The predicted molar refractivity (Wildman–Crippen MR) is 140 cm³/mol. The van der Waals surface area contributed by atoms with E-state index < -0.39 is 0 Å². The highest BCUT2D eigenvalue weighted by Gasteiger charge is 2.34. The van der Waals surface area contributed by atoms with Crippen molar-refractivity contribution >= 4 is 22.6 Å². The third kappa shape index (κ3) is 4.99. The Labute approximate surface area is 211 Å². The summed E-state index contributed by atoms with van der Waals surface area (Å²) in [5.74, 6) is 3.04. The molecule has 2 fully saturated rings. The van der Waals surface area contributed by atoms with Crippen LogP contribution < -0.4 is 15.0 Å². The predicted octanol–water partition coefficient (Wildman–Crippen LogP) is 4.52. The largest absolute Gasteiger partial charge is 0.477 e. The van der Waals surface area contributed by atoms with E-state index in [4.69, 9.17) is 9.26 Å². The summed E-state index contributed by atoms with van der Waals surface area (Å²) in [6.45, 7) is 7.41. The molecule has 2 aliphatic rings. The third-order valence-corrected chi connectivity index (χ3v) is 7.27. The van der Waals surface area contributed by atoms with E-state index in [0.717, 1.165) is 66.5 Å². The number of nitrogens with zero attached hydrogens (tertiary/aromatic N) is 5. The molecule has 186 valence electrons. The summed E-state index contributed by atoms with van der Waals surface area (Å²) in [6, 6.07) is 18.7. The van der Waals surface area contributed by atoms with Crippen LogP contribution in [0.25, 0.3) is 11.0 Å². The molecule has 8 nitrogen and oxygen atoms in total. The number of nitrogens with one attached hydrogen (secondary N) is 1. The van der Waals surface area contributed by atoms with Crippen LogP contribution in [0, 0.1) is 12.8 Å². The van der Waals surface area contributed by atoms with E-state index in [0.29, 0.717) is 31.0 Å². The molecule has 0 spiro atoms. The number of pyridine rings is 2. The second kappa shape index (κ2) is 10.1. The van der Waals surface area contributed by atoms with Crippen LogP contribution in [0.4, 0.5) is 11.6 Å². The lowest BCUT2D eigenvalue weighted by molar-refractivity contribution is 0.0716. The summed E-state index contributed by atoms with van der Waals surface area (Å²) in [5, 5.41) is 8.80. The first kappa shape index (κ1) is 22.8. The maximum Gasteiger partial charge on any atom is 0.213 e. The lowest BCUT2D eigenvalue weighted by atomic mass is 9.91. The summed E-state index contributed by atoms with van der Waals surface area (Å²) < 4.78 is 11.7. The molecule has 5 heterocycles. The van der Waals surface area contributed by atoms with E-state index in [-0.39, 0.29) is 0 Å². The van der Waals surface area contributed by atoms with Crippen molar-refractivity contribution in [3.8, 4) is 5.88 Å². The average molecular weight is 485 g/mol. The van der Waals surface area contributed by atoms with Crippen molar-refractivity contribution in [1.29, 1.82) is 0 Å². The number of hydrogen-bond donors (Lipinski definition) is 1. The Bertz CT molecular complexity index is 1310. The minimum Gasteiger partial charge on any atom is -0.477 e. The third-order valence-electron chi connectivity index (χ3n) is 7.27. The minimum atomic E-state index is 0.515. The summed E-state index contributed by atoms with van der Waals surface area (Å²) in [4.78, 5) is 14.1. The van der Waals surface area contributed by atoms with Gasteiger partial charge in [-0.1, -0.05) is 29.4 Å². The zero-order valence-electron chi connectivity index (χ0n) is 20.6. The van der Waals surface area contributed by atoms with Crippen LogP contribution in [0.15, 0.2) is 65.3 Å². The van der Waals surface area contributed by atoms with Gasteiger partial charge in [0.2, 0.25) is 5.88 Å². The Morgan fingerprint density at radius 1 is 1.03 bits per heavy atom. The van der Waals surface area contributed by atoms with E-state index in [9.17, 15) is 0 Å². The van der Waals surface area contributed by atoms with Gasteiger partial charge < -0.3 is 19.5 Å². The van der Waals surface area contributed by atoms with Crippen LogP contribution in [-0.2, 0) is 6.54 Å². The van der Waals surface area contributed by atoms with Gasteiger partial charge in [-0.05, 0) is 49.6 Å². The van der Waals surface area contributed by atoms with Crippen molar-refractivity contribution in [2.75, 3.05) is 43.0 Å². The van der Waals surface area contributed by atoms with Gasteiger partial charge in [-0.2, -0.15) is 0 Å². The molecule has 1 N–H and O–H groups in total. The highest BCUT2D eigenvalue weighted by atomic mass is 16.5. The number of aryl methyl sites for hydroxylation is 1. The minimum absolute atomic E-state index is 0.515. The molecule has 2 unspecified atom stereocenters. The van der Waals surface area contributed by atoms with Gasteiger partial charge in [-0.25, -0.2) is 9.97 Å². The van der Waals surface area contributed by atoms with E-state index >= 15 is 0 Å². The molecule has 8 heteroatoms. The molecule has 4 aromatic rings. The second-order valence-electron chi connectivity index (χ2n) is 9.89. The molecule has 0 saturated carbocycles. The van der Waals surface area contributed by atoms with Gasteiger partial charge >= 0.3 is 0 Å². The fraction of sp³-hybridized carbons (Fsp3) is 0.393. The van der Waals surface area contributed by atoms with Crippen LogP contribution in [0.1, 0.15) is 24.1 Å². The lowest BCUT2D eigenvalue weighted by Crippen LogP contribution is -2.57. The fourth-order valence-corrected chi connectivity index (χ4v) is 5.28. The van der Waals surface area contributed by atoms with Crippen LogP contribution in [0.3, 0.4) is 0 Å². The molecule has 2 atom stereocenters. The number of para-hydroxylation sites is 1. The number of anilines is 2. The molecule has 0 amide bonds. The molecule has 2 aliphatic heterocycles. The number of benzene rings is 1. The Morgan fingerprint density at radius 3 is 2.89 bits per heavy atom. The van der Waals surface area contributed by atoms with Gasteiger partial charge in [-0.15, -0.1) is 0 Å². The highest BCUT2D eigenvalue weighted by Crippen LogP contribution is 2.31. The van der Waals surface area contributed by atoms with Gasteiger partial charge in [0.1, 0.15) is 5.82 Å². The van der Waals surface area contributed by atoms with E-state index in [2.05, 4.69) is 36.3 Å². The van der Waals surface area contributed by atoms with Gasteiger partial charge in [0.15, 0.2) is 11.4 Å². The van der Waals surface area contributed by atoms with Crippen molar-refractivity contribution in [1.82, 2.24) is 20.0 Å². The van der Waals surface area contributed by atoms with Crippen molar-refractivity contribution in [3.63, 3.8) is 0 Å². The maximum absolute atomic E-state index is 6.15. The number of piperidine rings is 1. The zero-order chi connectivity index (χ0) is 24.3. The summed E-state index contributed by atoms with van der Waals surface area (Å²) in [7, 11) is 0. The number of hydrogen-bond acceptors (Lipinski definition) is 8. The summed E-state index contributed by atoms with van der Waals surface area (Å²) in [6.07, 6.45) is 4.19. The monoisotopic (exact) mass is 484 g/mol. The van der Waals surface area contributed by atoms with E-state index in [1.165, 1.54) is 6.42 Å². The Kier molecular flexibility index (Phi) is 6.42. The first-order valence-electron chi connectivity index (χ1n) is 12.8. The first-order valence-corrected chi connectivity index (χ1v) is 12.8. The van der Waals surface area contributed by atoms with Crippen molar-refractivity contribution in [3.05, 3.63) is 72.1 Å². The molecule has 0 bridgehead atoms. The van der Waals surface area contributed by atoms with Gasteiger partial charge in [0, 0.05) is 50.4 Å². The standard InChI is InChI=1S/C28H32N6O2/c1-20-9-12-26(29-15-20)30-16-22-5-4-8-27(31-22)35-19-21-10-11-23-18-34(14-13-33(23)17-21)28-24-6-2-3-7-25(24)36-32-28/h2-9,12,15,21,23H,10-11,13-14,16-19H2,1H3,(H,29,30). The van der Waals surface area contributed by atoms with Crippen LogP contribution in [-0.4, -0.2) is 58.9 Å². The quantitative estimate of drug-likeness (QED) is 0.410. The number of fused-ring (bicyclic) bond motifs is 2. The molecular formula is C28H32N6O2. The van der Waals surface area contributed by atoms with Gasteiger partial charge in [-0.3, -0.25) is 4.90 Å². The molecule has 6 rings (SSSR count). The molecule has 2 saturated heterocycles. The number of aromatic nitrogens is 3. The number of ether oxygens (including phenoxy) is 1. The van der Waals surface area contributed by atoms with E-state index in [1.54, 1.807) is 0 Å². The van der Waals surface area contributed by atoms with Crippen molar-refractivity contribution < 1.29 is 9.26 Å². The summed E-state index contributed by atoms with van der Waals surface area (Å²) in [5.41, 5.74) is 2.94. The lowest BCUT2D eigenvalue weighted by Gasteiger charge is -2.46. The first-order chi connectivity index (χ1) is 17.7. The number of rotatable bonds is 7. The van der Waals surface area contributed by atoms with Crippen LogP contribution >= 0.6 is 0 Å². The normalized spacial score (nSPS) is 20.3. The topological polar surface area (TPSA) is 79.5 Å². The van der Waals surface area contributed by atoms with E-state index in [1.807, 2.05) is 61.7 Å². The molecular weight excluding hydrogens is 452 g/mol. The second-order valence-corrected chi connectivity index (χ2v) is 9.89. The highest BCUT2D eigenvalue weighted by molar-refractivity contribution is 5.88. The molecule has 0 radical (unpaired) electrons. The average Bonchev–Trinajstić information content (AvgIpc) is 3.36. The molecule has 1 aromatic carbocycles. The smallest absolute Gasteiger partial charge is 0.213 e. The molecule has 0 aliphatic carbocycles. The molecule has 36 heavy (non-hydrogen) atoms. The Hall–Kier alpha value is -3.65. The SMILES string of the molecule is Cc1ccc(NCc2cccc(OCC3CCC4CN(c5noc6ccccc56)CCN4C3)n2)nc1. The molecule has 3 aromatic heterocycles.